The zero-order valence-corrected chi connectivity index (χ0v) is 17.8. The van der Waals surface area contributed by atoms with E-state index in [4.69, 9.17) is 32.7 Å². The molecule has 8 nitrogen and oxygen atoms in total. The summed E-state index contributed by atoms with van der Waals surface area (Å²) in [6.07, 6.45) is 4.29. The first-order valence-electron chi connectivity index (χ1n) is 8.20. The largest absolute Gasteiger partial charge is 0.495 e. The molecule has 0 aliphatic rings. The minimum absolute atomic E-state index is 0.170. The fourth-order valence-electron chi connectivity index (χ4n) is 3.00. The molecule has 3 aromatic heterocycles. The molecule has 0 unspecified atom stereocenters. The summed E-state index contributed by atoms with van der Waals surface area (Å²) >= 11 is 13.1. The highest BCUT2D eigenvalue weighted by molar-refractivity contribution is 7.90. The molecule has 0 N–H and O–H groups in total. The van der Waals surface area contributed by atoms with Crippen molar-refractivity contribution in [3.05, 3.63) is 40.6 Å². The topological polar surface area (TPSA) is 95.7 Å². The minimum atomic E-state index is -3.74. The van der Waals surface area contributed by atoms with E-state index in [1.165, 1.54) is 14.2 Å². The number of benzene rings is 1. The van der Waals surface area contributed by atoms with Gasteiger partial charge < -0.3 is 9.47 Å². The van der Waals surface area contributed by atoms with Crippen LogP contribution in [0.4, 0.5) is 0 Å². The average Bonchev–Trinajstić information content (AvgIpc) is 3.16. The summed E-state index contributed by atoms with van der Waals surface area (Å²) in [7, 11) is -0.835. The molecule has 3 heterocycles. The monoisotopic (exact) mass is 452 g/mol. The van der Waals surface area contributed by atoms with Gasteiger partial charge in [0.25, 0.3) is 0 Å². The first-order chi connectivity index (χ1) is 13.8. The molecule has 4 rings (SSSR count). The maximum Gasteiger partial charge on any atom is 0.249 e. The van der Waals surface area contributed by atoms with Crippen molar-refractivity contribution in [1.29, 1.82) is 0 Å². The lowest BCUT2D eigenvalue weighted by Crippen LogP contribution is -2.08. The molecule has 11 heteroatoms. The van der Waals surface area contributed by atoms with E-state index in [0.29, 0.717) is 28.2 Å². The zero-order chi connectivity index (χ0) is 20.9. The van der Waals surface area contributed by atoms with Crippen LogP contribution in [0.3, 0.4) is 0 Å². The molecule has 0 spiro atoms. The lowest BCUT2D eigenvalue weighted by Gasteiger charge is -2.16. The van der Waals surface area contributed by atoms with Crippen LogP contribution in [-0.4, -0.2) is 48.2 Å². The smallest absolute Gasteiger partial charge is 0.249 e. The number of nitrogens with zero attached hydrogens (tertiary/aromatic N) is 4. The second-order valence-electron chi connectivity index (χ2n) is 6.14. The molecular weight excluding hydrogens is 439 g/mol. The quantitative estimate of drug-likeness (QED) is 0.435. The highest BCUT2D eigenvalue weighted by Crippen LogP contribution is 2.47. The SMILES string of the molecule is COc1cc(OC)c(Cl)c(-c2nc(S(C)(=O)=O)nc3c2ccc2nccn23)c1Cl. The maximum absolute atomic E-state index is 12.3. The van der Waals surface area contributed by atoms with Gasteiger partial charge in [-0.1, -0.05) is 23.2 Å². The third kappa shape index (κ3) is 3.15. The molecule has 0 radical (unpaired) electrons. The Kier molecular flexibility index (Phi) is 4.76. The first-order valence-corrected chi connectivity index (χ1v) is 10.8. The summed E-state index contributed by atoms with van der Waals surface area (Å²) in [4.78, 5) is 12.8. The van der Waals surface area contributed by atoms with Crippen molar-refractivity contribution in [3.8, 4) is 22.8 Å². The Hall–Kier alpha value is -2.62. The third-order valence-electron chi connectivity index (χ3n) is 4.34. The number of hydrogen-bond donors (Lipinski definition) is 0. The Morgan fingerprint density at radius 3 is 2.28 bits per heavy atom. The minimum Gasteiger partial charge on any atom is -0.495 e. The van der Waals surface area contributed by atoms with Crippen LogP contribution in [0.25, 0.3) is 27.9 Å². The van der Waals surface area contributed by atoms with Crippen LogP contribution < -0.4 is 9.47 Å². The summed E-state index contributed by atoms with van der Waals surface area (Å²) in [5, 5.41) is 0.504. The first kappa shape index (κ1) is 19.7. The highest BCUT2D eigenvalue weighted by Gasteiger charge is 2.25. The number of ether oxygens (including phenoxy) is 2. The van der Waals surface area contributed by atoms with Gasteiger partial charge in [0, 0.05) is 35.7 Å². The fourth-order valence-corrected chi connectivity index (χ4v) is 4.19. The van der Waals surface area contributed by atoms with Crippen LogP contribution >= 0.6 is 23.2 Å². The zero-order valence-electron chi connectivity index (χ0n) is 15.5. The second-order valence-corrected chi connectivity index (χ2v) is 8.80. The van der Waals surface area contributed by atoms with Crippen molar-refractivity contribution in [1.82, 2.24) is 19.4 Å². The Bertz CT molecular complexity index is 1360. The van der Waals surface area contributed by atoms with Crippen molar-refractivity contribution in [2.45, 2.75) is 5.16 Å². The molecule has 0 fully saturated rings. The van der Waals surface area contributed by atoms with Crippen molar-refractivity contribution in [2.75, 3.05) is 20.5 Å². The van der Waals surface area contributed by atoms with E-state index < -0.39 is 9.84 Å². The summed E-state index contributed by atoms with van der Waals surface area (Å²) in [6.45, 7) is 0. The number of methoxy groups -OCH3 is 2. The molecule has 0 saturated heterocycles. The molecule has 0 bridgehead atoms. The van der Waals surface area contributed by atoms with Gasteiger partial charge in [-0.15, -0.1) is 0 Å². The Morgan fingerprint density at radius 1 is 1.03 bits per heavy atom. The molecule has 0 amide bonds. The molecule has 150 valence electrons. The summed E-state index contributed by atoms with van der Waals surface area (Å²) in [5.41, 5.74) is 1.46. The molecule has 1 aromatic carbocycles. The number of halogens is 2. The molecule has 0 atom stereocenters. The van der Waals surface area contributed by atoms with E-state index in [9.17, 15) is 8.42 Å². The van der Waals surface area contributed by atoms with Crippen LogP contribution in [0.1, 0.15) is 0 Å². The fraction of sp³-hybridized carbons (Fsp3) is 0.167. The van der Waals surface area contributed by atoms with Crippen molar-refractivity contribution < 1.29 is 17.9 Å². The van der Waals surface area contributed by atoms with E-state index in [-0.39, 0.29) is 26.5 Å². The lowest BCUT2D eigenvalue weighted by atomic mass is 10.1. The predicted octanol–water partition coefficient (Wildman–Crippen LogP) is 3.67. The van der Waals surface area contributed by atoms with Gasteiger partial charge in [0.2, 0.25) is 15.0 Å². The molecular formula is C18H14Cl2N4O4S. The van der Waals surface area contributed by atoms with Gasteiger partial charge >= 0.3 is 0 Å². The van der Waals surface area contributed by atoms with Crippen LogP contribution in [0, 0.1) is 0 Å². The van der Waals surface area contributed by atoms with E-state index in [1.54, 1.807) is 35.0 Å². The lowest BCUT2D eigenvalue weighted by molar-refractivity contribution is 0.395. The van der Waals surface area contributed by atoms with Gasteiger partial charge in [0.05, 0.1) is 30.0 Å². The van der Waals surface area contributed by atoms with Gasteiger partial charge in [0.1, 0.15) is 17.1 Å². The van der Waals surface area contributed by atoms with Crippen LogP contribution in [0.5, 0.6) is 11.5 Å². The van der Waals surface area contributed by atoms with Crippen molar-refractivity contribution >= 4 is 49.7 Å². The van der Waals surface area contributed by atoms with Gasteiger partial charge in [0.15, 0.2) is 5.65 Å². The standard InChI is InChI=1S/C18H14Cl2N4O4S/c1-27-10-8-11(28-2)15(20)13(14(10)19)16-9-4-5-12-21-6-7-24(12)17(9)23-18(22-16)29(3,25)26/h4-8H,1-3H3. The number of imidazole rings is 1. The summed E-state index contributed by atoms with van der Waals surface area (Å²) < 4.78 is 36.9. The molecule has 0 aliphatic carbocycles. The summed E-state index contributed by atoms with van der Waals surface area (Å²) in [5.74, 6) is 0.610. The Balaban J connectivity index is 2.22. The Morgan fingerprint density at radius 2 is 1.69 bits per heavy atom. The number of fused-ring (bicyclic) bond motifs is 3. The molecule has 0 saturated carbocycles. The number of rotatable bonds is 4. The molecule has 0 aliphatic heterocycles. The van der Waals surface area contributed by atoms with E-state index in [2.05, 4.69) is 15.0 Å². The second kappa shape index (κ2) is 7.01. The van der Waals surface area contributed by atoms with Crippen LogP contribution in [0.15, 0.2) is 35.7 Å². The average molecular weight is 453 g/mol. The van der Waals surface area contributed by atoms with Gasteiger partial charge in [-0.05, 0) is 12.1 Å². The Labute approximate surface area is 176 Å². The predicted molar refractivity (Wildman–Crippen MR) is 110 cm³/mol. The highest BCUT2D eigenvalue weighted by atomic mass is 35.5. The summed E-state index contributed by atoms with van der Waals surface area (Å²) in [6, 6.07) is 5.04. The normalized spacial score (nSPS) is 11.9. The molecule has 29 heavy (non-hydrogen) atoms. The maximum atomic E-state index is 12.3. The number of aromatic nitrogens is 4. The van der Waals surface area contributed by atoms with Crippen molar-refractivity contribution in [3.63, 3.8) is 0 Å². The van der Waals surface area contributed by atoms with Gasteiger partial charge in [-0.2, -0.15) is 4.98 Å². The number of sulfone groups is 1. The van der Waals surface area contributed by atoms with Crippen molar-refractivity contribution in [2.24, 2.45) is 0 Å². The van der Waals surface area contributed by atoms with E-state index in [0.717, 1.165) is 6.26 Å². The molecule has 4 aromatic rings. The van der Waals surface area contributed by atoms with E-state index >= 15 is 0 Å². The number of hydrogen-bond acceptors (Lipinski definition) is 7. The van der Waals surface area contributed by atoms with Gasteiger partial charge in [-0.3, -0.25) is 4.40 Å². The number of pyridine rings is 1. The van der Waals surface area contributed by atoms with Gasteiger partial charge in [-0.25, -0.2) is 18.4 Å². The van der Waals surface area contributed by atoms with Crippen LogP contribution in [-0.2, 0) is 9.84 Å². The van der Waals surface area contributed by atoms with Crippen LogP contribution in [0.2, 0.25) is 10.0 Å². The third-order valence-corrected chi connectivity index (χ3v) is 5.94. The van der Waals surface area contributed by atoms with E-state index in [1.807, 2.05) is 0 Å².